The zero-order valence-corrected chi connectivity index (χ0v) is 18.1. The number of likely N-dealkylation sites (N-methyl/N-ethyl adjacent to an activating group) is 1. The van der Waals surface area contributed by atoms with E-state index in [1.807, 2.05) is 17.9 Å². The molecule has 1 saturated carbocycles. The number of aryl methyl sites for hydroxylation is 1. The van der Waals surface area contributed by atoms with Crippen LogP contribution in [0.15, 0.2) is 23.6 Å². The molecular weight excluding hydrogens is 362 g/mol. The molecule has 6 nitrogen and oxygen atoms in total. The Balaban J connectivity index is 1.37. The van der Waals surface area contributed by atoms with Crippen LogP contribution < -0.4 is 0 Å². The van der Waals surface area contributed by atoms with Gasteiger partial charge in [0.05, 0.1) is 12.8 Å². The lowest BCUT2D eigenvalue weighted by Gasteiger charge is -2.38. The number of hydrogen-bond donors (Lipinski definition) is 1. The van der Waals surface area contributed by atoms with Gasteiger partial charge in [0.2, 0.25) is 0 Å². The third-order valence-electron chi connectivity index (χ3n) is 6.81. The number of hydrogen-bond acceptors (Lipinski definition) is 4. The number of nitrogens with zero attached hydrogens (tertiary/aromatic N) is 4. The normalized spacial score (nSPS) is 24.2. The molecule has 1 aliphatic heterocycles. The van der Waals surface area contributed by atoms with E-state index in [1.54, 1.807) is 0 Å². The zero-order valence-electron chi connectivity index (χ0n) is 18.1. The Morgan fingerprint density at radius 3 is 2.76 bits per heavy atom. The van der Waals surface area contributed by atoms with Crippen molar-refractivity contribution in [2.75, 3.05) is 26.3 Å². The minimum atomic E-state index is 0.549. The highest BCUT2D eigenvalue weighted by Gasteiger charge is 2.32. The fourth-order valence-electron chi connectivity index (χ4n) is 5.15. The minimum Gasteiger partial charge on any atom is -0.380 e. The van der Waals surface area contributed by atoms with Crippen LogP contribution in [0, 0.1) is 11.8 Å². The van der Waals surface area contributed by atoms with E-state index < -0.39 is 0 Å². The van der Waals surface area contributed by atoms with Crippen molar-refractivity contribution >= 4 is 12.0 Å². The molecule has 2 aliphatic rings. The van der Waals surface area contributed by atoms with Crippen LogP contribution in [0.2, 0.25) is 0 Å². The third-order valence-corrected chi connectivity index (χ3v) is 6.81. The van der Waals surface area contributed by atoms with E-state index in [9.17, 15) is 0 Å². The Bertz CT molecular complexity index is 815. The number of aliphatic imine (C=N–C) groups is 1. The predicted octanol–water partition coefficient (Wildman–Crippen LogP) is 4.21. The van der Waals surface area contributed by atoms with Crippen LogP contribution >= 0.6 is 0 Å². The van der Waals surface area contributed by atoms with Crippen LogP contribution in [0.4, 0.5) is 5.82 Å². The van der Waals surface area contributed by atoms with Gasteiger partial charge in [-0.05, 0) is 51.5 Å². The summed E-state index contributed by atoms with van der Waals surface area (Å²) in [5, 5.41) is 4.34. The first-order chi connectivity index (χ1) is 14.2. The SMILES string of the molecule is CCOCCN(CC)C1CCC(C2C=Nc3[nH]cc(-c4cnn(C)c4)c3C2)CC1. The molecule has 1 atom stereocenters. The highest BCUT2D eigenvalue weighted by molar-refractivity contribution is 5.78. The monoisotopic (exact) mass is 397 g/mol. The summed E-state index contributed by atoms with van der Waals surface area (Å²) in [5.41, 5.74) is 3.80. The van der Waals surface area contributed by atoms with Gasteiger partial charge in [0, 0.05) is 67.5 Å². The average molecular weight is 398 g/mol. The maximum absolute atomic E-state index is 5.58. The molecule has 6 heteroatoms. The van der Waals surface area contributed by atoms with Gasteiger partial charge in [-0.15, -0.1) is 0 Å². The molecule has 3 heterocycles. The Labute approximate surface area is 174 Å². The van der Waals surface area contributed by atoms with Crippen LogP contribution in [-0.4, -0.2) is 58.2 Å². The number of aromatic amines is 1. The van der Waals surface area contributed by atoms with E-state index in [0.717, 1.165) is 44.5 Å². The van der Waals surface area contributed by atoms with Crippen molar-refractivity contribution in [3.63, 3.8) is 0 Å². The molecule has 2 aromatic rings. The average Bonchev–Trinajstić information content (AvgIpc) is 3.37. The van der Waals surface area contributed by atoms with Gasteiger partial charge in [-0.25, -0.2) is 4.99 Å². The van der Waals surface area contributed by atoms with Crippen molar-refractivity contribution in [1.29, 1.82) is 0 Å². The van der Waals surface area contributed by atoms with Gasteiger partial charge in [-0.2, -0.15) is 5.10 Å². The van der Waals surface area contributed by atoms with Crippen LogP contribution in [-0.2, 0) is 18.2 Å². The molecule has 2 aromatic heterocycles. The fourth-order valence-corrected chi connectivity index (χ4v) is 5.15. The van der Waals surface area contributed by atoms with E-state index in [-0.39, 0.29) is 0 Å². The molecule has 158 valence electrons. The second-order valence-corrected chi connectivity index (χ2v) is 8.47. The highest BCUT2D eigenvalue weighted by atomic mass is 16.5. The summed E-state index contributed by atoms with van der Waals surface area (Å²) in [6, 6.07) is 0.714. The first kappa shape index (κ1) is 20.4. The first-order valence-electron chi connectivity index (χ1n) is 11.2. The second-order valence-electron chi connectivity index (χ2n) is 8.47. The predicted molar refractivity (Wildman–Crippen MR) is 118 cm³/mol. The lowest BCUT2D eigenvalue weighted by Crippen LogP contribution is -2.41. The zero-order chi connectivity index (χ0) is 20.2. The Kier molecular flexibility index (Phi) is 6.50. The summed E-state index contributed by atoms with van der Waals surface area (Å²) in [5.74, 6) is 2.32. The summed E-state index contributed by atoms with van der Waals surface area (Å²) in [7, 11) is 1.97. The van der Waals surface area contributed by atoms with Gasteiger partial charge < -0.3 is 9.72 Å². The lowest BCUT2D eigenvalue weighted by atomic mass is 9.75. The fraction of sp³-hybridized carbons (Fsp3) is 0.652. The summed E-state index contributed by atoms with van der Waals surface area (Å²) >= 11 is 0. The molecule has 1 unspecified atom stereocenters. The van der Waals surface area contributed by atoms with Crippen molar-refractivity contribution in [2.24, 2.45) is 23.9 Å². The first-order valence-corrected chi connectivity index (χ1v) is 11.2. The van der Waals surface area contributed by atoms with Gasteiger partial charge >= 0.3 is 0 Å². The molecule has 0 bridgehead atoms. The standard InChI is InChI=1S/C23H35N5O/c1-4-28(10-11-29-5-2)20-8-6-17(7-9-20)18-12-21-22(15-25-23(21)24-13-18)19-14-26-27(3)16-19/h13-18,20,25H,4-12H2,1-3H3. The largest absolute Gasteiger partial charge is 0.380 e. The number of nitrogens with one attached hydrogen (secondary N) is 1. The van der Waals surface area contributed by atoms with Crippen molar-refractivity contribution in [3.05, 3.63) is 24.2 Å². The third kappa shape index (κ3) is 4.48. The Hall–Kier alpha value is -1.92. The maximum atomic E-state index is 5.58. The Morgan fingerprint density at radius 2 is 2.07 bits per heavy atom. The molecule has 1 aliphatic carbocycles. The summed E-state index contributed by atoms with van der Waals surface area (Å²) < 4.78 is 7.45. The Morgan fingerprint density at radius 1 is 1.24 bits per heavy atom. The molecule has 0 radical (unpaired) electrons. The summed E-state index contributed by atoms with van der Waals surface area (Å²) in [4.78, 5) is 10.8. The van der Waals surface area contributed by atoms with Crippen molar-refractivity contribution in [1.82, 2.24) is 19.7 Å². The molecule has 0 aromatic carbocycles. The number of fused-ring (bicyclic) bond motifs is 1. The van der Waals surface area contributed by atoms with Crippen molar-refractivity contribution in [3.8, 4) is 11.1 Å². The maximum Gasteiger partial charge on any atom is 0.133 e. The summed E-state index contributed by atoms with van der Waals surface area (Å²) in [6.07, 6.45) is 14.6. The molecule has 1 fully saturated rings. The molecule has 1 N–H and O–H groups in total. The molecular formula is C23H35N5O. The second kappa shape index (κ2) is 9.26. The van der Waals surface area contributed by atoms with E-state index in [1.165, 1.54) is 42.4 Å². The van der Waals surface area contributed by atoms with E-state index in [0.29, 0.717) is 12.0 Å². The van der Waals surface area contributed by atoms with Crippen molar-refractivity contribution in [2.45, 2.75) is 52.0 Å². The van der Waals surface area contributed by atoms with Crippen LogP contribution in [0.5, 0.6) is 0 Å². The van der Waals surface area contributed by atoms with Crippen LogP contribution in [0.3, 0.4) is 0 Å². The quantitative estimate of drug-likeness (QED) is 0.679. The smallest absolute Gasteiger partial charge is 0.133 e. The number of rotatable bonds is 8. The van der Waals surface area contributed by atoms with Gasteiger partial charge in [-0.3, -0.25) is 9.58 Å². The molecule has 0 saturated heterocycles. The van der Waals surface area contributed by atoms with Crippen LogP contribution in [0.25, 0.3) is 11.1 Å². The number of aromatic nitrogens is 3. The van der Waals surface area contributed by atoms with Gasteiger partial charge in [-0.1, -0.05) is 6.92 Å². The van der Waals surface area contributed by atoms with Crippen LogP contribution in [0.1, 0.15) is 45.1 Å². The number of H-pyrrole nitrogens is 1. The lowest BCUT2D eigenvalue weighted by molar-refractivity contribution is 0.0764. The topological polar surface area (TPSA) is 58.4 Å². The molecule has 29 heavy (non-hydrogen) atoms. The highest BCUT2D eigenvalue weighted by Crippen LogP contribution is 2.40. The number of ether oxygens (including phenoxy) is 1. The molecule has 4 rings (SSSR count). The molecule has 0 spiro atoms. The van der Waals surface area contributed by atoms with E-state index >= 15 is 0 Å². The summed E-state index contributed by atoms with van der Waals surface area (Å²) in [6.45, 7) is 8.20. The van der Waals surface area contributed by atoms with Gasteiger partial charge in [0.25, 0.3) is 0 Å². The van der Waals surface area contributed by atoms with E-state index in [4.69, 9.17) is 9.73 Å². The van der Waals surface area contributed by atoms with Gasteiger partial charge in [0.15, 0.2) is 0 Å². The van der Waals surface area contributed by atoms with Gasteiger partial charge in [0.1, 0.15) is 5.82 Å². The molecule has 0 amide bonds. The van der Waals surface area contributed by atoms with Crippen molar-refractivity contribution < 1.29 is 4.74 Å². The van der Waals surface area contributed by atoms with E-state index in [2.05, 4.69) is 47.4 Å². The minimum absolute atomic E-state index is 0.549.